The van der Waals surface area contributed by atoms with Crippen LogP contribution in [0.3, 0.4) is 0 Å². The van der Waals surface area contributed by atoms with Crippen LogP contribution in [0.25, 0.3) is 22.0 Å². The van der Waals surface area contributed by atoms with Gasteiger partial charge in [-0.1, -0.05) is 47.1 Å². The van der Waals surface area contributed by atoms with Crippen LogP contribution >= 0.6 is 0 Å². The largest absolute Gasteiger partial charge is 0.396 e. The van der Waals surface area contributed by atoms with Gasteiger partial charge in [0.15, 0.2) is 0 Å². The van der Waals surface area contributed by atoms with E-state index in [1.54, 1.807) is 6.20 Å². The molecule has 2 aromatic heterocycles. The van der Waals surface area contributed by atoms with Crippen LogP contribution in [-0.2, 0) is 4.84 Å². The Morgan fingerprint density at radius 2 is 1.71 bits per heavy atom. The lowest BCUT2D eigenvalue weighted by atomic mass is 9.90. The highest BCUT2D eigenvalue weighted by Gasteiger charge is 2.18. The average molecular weight is 410 g/mol. The number of para-hydroxylation sites is 1. The number of benzene rings is 2. The Balaban J connectivity index is 2.03. The Hall–Kier alpha value is -3.53. The molecule has 0 bridgehead atoms. The molecule has 0 fully saturated rings. The van der Waals surface area contributed by atoms with Crippen molar-refractivity contribution in [3.63, 3.8) is 0 Å². The third-order valence-electron chi connectivity index (χ3n) is 5.36. The molecular formula is C27H27N3O. The lowest BCUT2D eigenvalue weighted by Gasteiger charge is -2.16. The van der Waals surface area contributed by atoms with Gasteiger partial charge in [-0.05, 0) is 69.5 Å². The zero-order valence-electron chi connectivity index (χ0n) is 18.7. The number of aromatic nitrogens is 2. The van der Waals surface area contributed by atoms with Gasteiger partial charge in [0.25, 0.3) is 0 Å². The van der Waals surface area contributed by atoms with E-state index >= 15 is 0 Å². The molecule has 0 spiro atoms. The number of hydrogen-bond donors (Lipinski definition) is 0. The van der Waals surface area contributed by atoms with Crippen LogP contribution < -0.4 is 0 Å². The number of aryl methyl sites for hydroxylation is 4. The van der Waals surface area contributed by atoms with Crippen molar-refractivity contribution in [2.45, 2.75) is 34.6 Å². The molecule has 4 nitrogen and oxygen atoms in total. The van der Waals surface area contributed by atoms with Crippen molar-refractivity contribution in [3.8, 4) is 11.1 Å². The van der Waals surface area contributed by atoms with Crippen LogP contribution in [0, 0.1) is 27.7 Å². The van der Waals surface area contributed by atoms with Gasteiger partial charge in [-0.25, -0.2) is 0 Å². The number of fused-ring (bicyclic) bond motifs is 1. The van der Waals surface area contributed by atoms with E-state index in [2.05, 4.69) is 67.3 Å². The molecule has 0 amide bonds. The molecule has 0 aliphatic heterocycles. The molecule has 0 radical (unpaired) electrons. The first-order chi connectivity index (χ1) is 15.0. The zero-order chi connectivity index (χ0) is 22.0. The van der Waals surface area contributed by atoms with E-state index in [0.717, 1.165) is 33.4 Å². The van der Waals surface area contributed by atoms with Crippen LogP contribution in [0.1, 0.15) is 40.6 Å². The number of nitrogens with zero attached hydrogens (tertiary/aromatic N) is 3. The summed E-state index contributed by atoms with van der Waals surface area (Å²) >= 11 is 0. The van der Waals surface area contributed by atoms with Gasteiger partial charge in [0.2, 0.25) is 0 Å². The summed E-state index contributed by atoms with van der Waals surface area (Å²) in [6.45, 7) is 10.9. The topological polar surface area (TPSA) is 47.4 Å². The third-order valence-corrected chi connectivity index (χ3v) is 5.36. The third kappa shape index (κ3) is 4.06. The van der Waals surface area contributed by atoms with E-state index in [9.17, 15) is 0 Å². The van der Waals surface area contributed by atoms with Gasteiger partial charge < -0.3 is 4.84 Å². The summed E-state index contributed by atoms with van der Waals surface area (Å²) in [5.41, 5.74) is 10.5. The summed E-state index contributed by atoms with van der Waals surface area (Å²) in [6, 6.07) is 18.7. The van der Waals surface area contributed by atoms with Gasteiger partial charge in [0.1, 0.15) is 12.3 Å². The molecule has 0 saturated carbocycles. The number of oxime groups is 1. The van der Waals surface area contributed by atoms with E-state index in [0.29, 0.717) is 12.3 Å². The molecule has 0 aliphatic rings. The van der Waals surface area contributed by atoms with Gasteiger partial charge in [0, 0.05) is 28.4 Å². The predicted octanol–water partition coefficient (Wildman–Crippen LogP) is 6.32. The minimum Gasteiger partial charge on any atom is -0.396 e. The van der Waals surface area contributed by atoms with E-state index in [-0.39, 0.29) is 0 Å². The van der Waals surface area contributed by atoms with E-state index in [4.69, 9.17) is 9.82 Å². The van der Waals surface area contributed by atoms with Crippen molar-refractivity contribution in [2.24, 2.45) is 5.16 Å². The van der Waals surface area contributed by atoms with Crippen molar-refractivity contribution in [1.82, 2.24) is 9.97 Å². The SMILES string of the molecule is CCO/N=C(/c1ccccn1)c1cc(C)nc2c(-c3c(C)cc(C)cc3C)cccc12. The van der Waals surface area contributed by atoms with Crippen molar-refractivity contribution < 1.29 is 4.84 Å². The lowest BCUT2D eigenvalue weighted by Crippen LogP contribution is -2.09. The number of rotatable bonds is 5. The van der Waals surface area contributed by atoms with Gasteiger partial charge in [-0.15, -0.1) is 0 Å². The first-order valence-electron chi connectivity index (χ1n) is 10.6. The highest BCUT2D eigenvalue weighted by Crippen LogP contribution is 2.35. The second-order valence-corrected chi connectivity index (χ2v) is 7.86. The Labute approximate surface area is 183 Å². The Bertz CT molecular complexity index is 1250. The van der Waals surface area contributed by atoms with Crippen molar-refractivity contribution in [2.75, 3.05) is 6.61 Å². The fourth-order valence-corrected chi connectivity index (χ4v) is 4.24. The maximum atomic E-state index is 5.49. The Kier molecular flexibility index (Phi) is 5.81. The summed E-state index contributed by atoms with van der Waals surface area (Å²) in [7, 11) is 0. The molecule has 4 aromatic rings. The number of pyridine rings is 2. The maximum absolute atomic E-state index is 5.49. The molecule has 31 heavy (non-hydrogen) atoms. The standard InChI is InChI=1S/C27H27N3O/c1-6-31-30-27(24-12-7-8-13-28-24)23-16-20(5)29-26-21(23)10-9-11-22(26)25-18(3)14-17(2)15-19(25)4/h7-16H,6H2,1-5H3/b30-27+. The second-order valence-electron chi connectivity index (χ2n) is 7.86. The minimum atomic E-state index is 0.491. The highest BCUT2D eigenvalue weighted by molar-refractivity contribution is 6.19. The predicted molar refractivity (Wildman–Crippen MR) is 128 cm³/mol. The highest BCUT2D eigenvalue weighted by atomic mass is 16.6. The molecule has 0 unspecified atom stereocenters. The molecule has 156 valence electrons. The van der Waals surface area contributed by atoms with Gasteiger partial charge >= 0.3 is 0 Å². The van der Waals surface area contributed by atoms with Gasteiger partial charge in [-0.2, -0.15) is 0 Å². The van der Waals surface area contributed by atoms with Crippen LogP contribution in [0.4, 0.5) is 0 Å². The number of hydrogen-bond acceptors (Lipinski definition) is 4. The van der Waals surface area contributed by atoms with Crippen LogP contribution in [0.15, 0.2) is 65.9 Å². The lowest BCUT2D eigenvalue weighted by molar-refractivity contribution is 0.159. The molecule has 0 atom stereocenters. The van der Waals surface area contributed by atoms with Gasteiger partial charge in [0.05, 0.1) is 11.2 Å². The van der Waals surface area contributed by atoms with Crippen LogP contribution in [0.5, 0.6) is 0 Å². The van der Waals surface area contributed by atoms with Crippen LogP contribution in [0.2, 0.25) is 0 Å². The fraction of sp³-hybridized carbons (Fsp3) is 0.222. The smallest absolute Gasteiger partial charge is 0.136 e. The Morgan fingerprint density at radius 3 is 2.39 bits per heavy atom. The molecule has 2 heterocycles. The average Bonchev–Trinajstić information content (AvgIpc) is 2.74. The molecule has 4 rings (SSSR count). The summed E-state index contributed by atoms with van der Waals surface area (Å²) in [6.07, 6.45) is 1.78. The Morgan fingerprint density at radius 1 is 0.935 bits per heavy atom. The summed E-state index contributed by atoms with van der Waals surface area (Å²) in [4.78, 5) is 15.0. The molecule has 2 aromatic carbocycles. The molecule has 0 N–H and O–H groups in total. The molecule has 4 heteroatoms. The zero-order valence-corrected chi connectivity index (χ0v) is 18.7. The molecule has 0 aliphatic carbocycles. The second kappa shape index (κ2) is 8.68. The first kappa shape index (κ1) is 20.7. The molecule has 0 saturated heterocycles. The van der Waals surface area contributed by atoms with E-state index in [1.165, 1.54) is 22.3 Å². The normalized spacial score (nSPS) is 11.7. The first-order valence-corrected chi connectivity index (χ1v) is 10.6. The van der Waals surface area contributed by atoms with Crippen molar-refractivity contribution in [1.29, 1.82) is 0 Å². The maximum Gasteiger partial charge on any atom is 0.136 e. The van der Waals surface area contributed by atoms with Gasteiger partial charge in [-0.3, -0.25) is 9.97 Å². The quantitative estimate of drug-likeness (QED) is 0.286. The van der Waals surface area contributed by atoms with E-state index in [1.807, 2.05) is 32.0 Å². The van der Waals surface area contributed by atoms with Crippen LogP contribution in [-0.4, -0.2) is 22.3 Å². The summed E-state index contributed by atoms with van der Waals surface area (Å²) in [5, 5.41) is 5.48. The summed E-state index contributed by atoms with van der Waals surface area (Å²) < 4.78 is 0. The van der Waals surface area contributed by atoms with Crippen molar-refractivity contribution >= 4 is 16.6 Å². The van der Waals surface area contributed by atoms with E-state index < -0.39 is 0 Å². The monoisotopic (exact) mass is 409 g/mol. The minimum absolute atomic E-state index is 0.491. The van der Waals surface area contributed by atoms with Crippen molar-refractivity contribution in [3.05, 3.63) is 94.4 Å². The fourth-order valence-electron chi connectivity index (χ4n) is 4.24. The summed E-state index contributed by atoms with van der Waals surface area (Å²) in [5.74, 6) is 0. The molecular weight excluding hydrogens is 382 g/mol.